The van der Waals surface area contributed by atoms with Gasteiger partial charge in [-0.05, 0) is 12.5 Å². The first-order valence-corrected chi connectivity index (χ1v) is 11.8. The van der Waals surface area contributed by atoms with Crippen molar-refractivity contribution in [2.24, 2.45) is 4.99 Å². The van der Waals surface area contributed by atoms with Crippen LogP contribution in [0.1, 0.15) is 12.5 Å². The summed E-state index contributed by atoms with van der Waals surface area (Å²) in [7, 11) is -1.87. The van der Waals surface area contributed by atoms with Crippen LogP contribution >= 0.6 is 0 Å². The van der Waals surface area contributed by atoms with Crippen LogP contribution in [0.15, 0.2) is 35.3 Å². The predicted molar refractivity (Wildman–Crippen MR) is 99.9 cm³/mol. The molecule has 1 aliphatic heterocycles. The van der Waals surface area contributed by atoms with Gasteiger partial charge < -0.3 is 14.2 Å². The maximum absolute atomic E-state index is 12.7. The van der Waals surface area contributed by atoms with Gasteiger partial charge in [-0.15, -0.1) is 6.42 Å². The van der Waals surface area contributed by atoms with Gasteiger partial charge in [0.25, 0.3) is 0 Å². The molecule has 6 heteroatoms. The Balaban J connectivity index is 2.24. The molecule has 0 spiro atoms. The van der Waals surface area contributed by atoms with Crippen LogP contribution in [0.4, 0.5) is 0 Å². The number of ether oxygens (including phenoxy) is 3. The smallest absolute Gasteiger partial charge is 0.336 e. The second kappa shape index (κ2) is 7.96. The molecule has 1 unspecified atom stereocenters. The van der Waals surface area contributed by atoms with E-state index in [1.165, 1.54) is 0 Å². The summed E-state index contributed by atoms with van der Waals surface area (Å²) in [5, 5.41) is 0.606. The van der Waals surface area contributed by atoms with Crippen LogP contribution in [-0.2, 0) is 25.6 Å². The van der Waals surface area contributed by atoms with E-state index < -0.39 is 25.9 Å². The second-order valence-electron chi connectivity index (χ2n) is 7.08. The normalized spacial score (nSPS) is 18.4. The maximum Gasteiger partial charge on any atom is 0.336 e. The van der Waals surface area contributed by atoms with E-state index in [9.17, 15) is 4.79 Å². The summed E-state index contributed by atoms with van der Waals surface area (Å²) in [6, 6.07) is 8.54. The molecule has 0 aromatic heterocycles. The third-order valence-electron chi connectivity index (χ3n) is 3.91. The van der Waals surface area contributed by atoms with Gasteiger partial charge in [-0.25, -0.2) is 4.79 Å². The lowest BCUT2D eigenvalue weighted by atomic mass is 10.1. The summed E-state index contributed by atoms with van der Waals surface area (Å²) in [6.45, 7) is 8.93. The Labute approximate surface area is 150 Å². The van der Waals surface area contributed by atoms with Crippen LogP contribution in [0, 0.1) is 12.3 Å². The molecule has 25 heavy (non-hydrogen) atoms. The van der Waals surface area contributed by atoms with Crippen LogP contribution in [0.25, 0.3) is 0 Å². The molecule has 1 atom stereocenters. The monoisotopic (exact) mass is 359 g/mol. The quantitative estimate of drug-likeness (QED) is 0.339. The minimum Gasteiger partial charge on any atom is -0.459 e. The van der Waals surface area contributed by atoms with Crippen LogP contribution < -0.4 is 0 Å². The van der Waals surface area contributed by atoms with Crippen LogP contribution in [0.5, 0.6) is 0 Å². The topological polar surface area (TPSA) is 57.1 Å². The Kier molecular flexibility index (Phi) is 6.17. The third kappa shape index (κ3) is 5.02. The van der Waals surface area contributed by atoms with E-state index in [0.29, 0.717) is 18.5 Å². The van der Waals surface area contributed by atoms with Gasteiger partial charge in [0.15, 0.2) is 5.79 Å². The summed E-state index contributed by atoms with van der Waals surface area (Å²) >= 11 is 0. The van der Waals surface area contributed by atoms with E-state index in [1.54, 1.807) is 6.92 Å². The molecule has 0 radical (unpaired) electrons. The molecule has 0 amide bonds. The zero-order chi connectivity index (χ0) is 18.5. The zero-order valence-electron chi connectivity index (χ0n) is 15.2. The number of carbonyl (C=O) groups is 1. The number of aliphatic imine (C=N–C) groups is 1. The molecule has 5 nitrogen and oxygen atoms in total. The fourth-order valence-corrected chi connectivity index (χ4v) is 3.41. The second-order valence-corrected chi connectivity index (χ2v) is 12.1. The first-order valence-electron chi connectivity index (χ1n) is 8.29. The highest BCUT2D eigenvalue weighted by Crippen LogP contribution is 2.27. The highest BCUT2D eigenvalue weighted by atomic mass is 28.3. The lowest BCUT2D eigenvalue weighted by molar-refractivity contribution is -0.183. The molecule has 1 aliphatic rings. The molecule has 0 N–H and O–H groups in total. The summed E-state index contributed by atoms with van der Waals surface area (Å²) in [5.41, 5.74) is 0.902. The molecule has 0 saturated carbocycles. The number of carbonyl (C=O) groups excluding carboxylic acids is 1. The first kappa shape index (κ1) is 19.4. The molecule has 1 aromatic carbocycles. The summed E-state index contributed by atoms with van der Waals surface area (Å²) < 4.78 is 16.8. The molecular formula is C19H25NO4Si. The Morgan fingerprint density at radius 2 is 1.92 bits per heavy atom. The molecule has 1 fully saturated rings. The molecule has 134 valence electrons. The third-order valence-corrected chi connectivity index (χ3v) is 5.60. The first-order chi connectivity index (χ1) is 11.8. The van der Waals surface area contributed by atoms with Crippen LogP contribution in [0.2, 0.25) is 19.6 Å². The fourth-order valence-electron chi connectivity index (χ4n) is 2.46. The number of hydrogen-bond donors (Lipinski definition) is 0. The van der Waals surface area contributed by atoms with Crippen molar-refractivity contribution in [1.82, 2.24) is 0 Å². The van der Waals surface area contributed by atoms with Gasteiger partial charge >= 0.3 is 5.97 Å². The van der Waals surface area contributed by atoms with Gasteiger partial charge in [0.2, 0.25) is 6.04 Å². The van der Waals surface area contributed by atoms with Gasteiger partial charge in [0.05, 0.1) is 18.5 Å². The van der Waals surface area contributed by atoms with Crippen molar-refractivity contribution in [2.45, 2.75) is 45.0 Å². The van der Waals surface area contributed by atoms with E-state index in [1.807, 2.05) is 30.3 Å². The summed E-state index contributed by atoms with van der Waals surface area (Å²) in [5.74, 6) is 0.977. The van der Waals surface area contributed by atoms with Gasteiger partial charge in [0.1, 0.15) is 14.7 Å². The lowest BCUT2D eigenvalue weighted by Gasteiger charge is -2.29. The highest BCUT2D eigenvalue weighted by Gasteiger charge is 2.46. The average molecular weight is 359 g/mol. The Bertz CT molecular complexity index is 667. The van der Waals surface area contributed by atoms with Crippen molar-refractivity contribution in [1.29, 1.82) is 0 Å². The molecule has 1 saturated heterocycles. The van der Waals surface area contributed by atoms with Crippen molar-refractivity contribution in [2.75, 3.05) is 13.2 Å². The Hall–Kier alpha value is -1.94. The Morgan fingerprint density at radius 1 is 1.32 bits per heavy atom. The maximum atomic E-state index is 12.7. The van der Waals surface area contributed by atoms with E-state index >= 15 is 0 Å². The molecule has 2 rings (SSSR count). The minimum atomic E-state index is -1.87. The standard InChI is InChI=1S/C19H25NO4Si/c1-6-16(25(3,4)5)20-17(19(2)23-12-13-24-19)18(21)22-14-15-10-8-7-9-11-15/h1,7-11,17H,12-14H2,2-5H3. The predicted octanol–water partition coefficient (Wildman–Crippen LogP) is 2.81. The molecule has 0 bridgehead atoms. The number of esters is 1. The zero-order valence-corrected chi connectivity index (χ0v) is 16.2. The van der Waals surface area contributed by atoms with Crippen molar-refractivity contribution >= 4 is 19.4 Å². The van der Waals surface area contributed by atoms with Crippen LogP contribution in [-0.4, -0.2) is 44.4 Å². The van der Waals surface area contributed by atoms with Gasteiger partial charge in [-0.3, -0.25) is 4.99 Å². The number of benzene rings is 1. The largest absolute Gasteiger partial charge is 0.459 e. The van der Waals surface area contributed by atoms with Crippen molar-refractivity contribution in [3.63, 3.8) is 0 Å². The number of hydrogen-bond acceptors (Lipinski definition) is 5. The van der Waals surface area contributed by atoms with Crippen molar-refractivity contribution in [3.8, 4) is 12.3 Å². The van der Waals surface area contributed by atoms with Crippen molar-refractivity contribution in [3.05, 3.63) is 35.9 Å². The number of terminal acetylenes is 1. The van der Waals surface area contributed by atoms with E-state index in [-0.39, 0.29) is 6.61 Å². The van der Waals surface area contributed by atoms with E-state index in [4.69, 9.17) is 20.6 Å². The van der Waals surface area contributed by atoms with E-state index in [0.717, 1.165) is 5.56 Å². The molecule has 1 aromatic rings. The summed E-state index contributed by atoms with van der Waals surface area (Å²) in [6.07, 6.45) is 5.63. The Morgan fingerprint density at radius 3 is 2.44 bits per heavy atom. The van der Waals surface area contributed by atoms with Gasteiger partial charge in [-0.1, -0.05) is 55.9 Å². The lowest BCUT2D eigenvalue weighted by Crippen LogP contribution is -2.47. The average Bonchev–Trinajstić information content (AvgIpc) is 3.00. The fraction of sp³-hybridized carbons (Fsp3) is 0.474. The van der Waals surface area contributed by atoms with Crippen molar-refractivity contribution < 1.29 is 19.0 Å². The molecule has 1 heterocycles. The number of nitrogens with zero attached hydrogens (tertiary/aromatic N) is 1. The minimum absolute atomic E-state index is 0.167. The molecule has 0 aliphatic carbocycles. The van der Waals surface area contributed by atoms with Crippen LogP contribution in [0.3, 0.4) is 0 Å². The highest BCUT2D eigenvalue weighted by molar-refractivity contribution is 7.06. The summed E-state index contributed by atoms with van der Waals surface area (Å²) in [4.78, 5) is 17.3. The number of rotatable bonds is 6. The van der Waals surface area contributed by atoms with Gasteiger partial charge in [-0.2, -0.15) is 0 Å². The van der Waals surface area contributed by atoms with Gasteiger partial charge in [0, 0.05) is 0 Å². The molecular weight excluding hydrogens is 334 g/mol. The van der Waals surface area contributed by atoms with E-state index in [2.05, 4.69) is 30.6 Å². The SMILES string of the molecule is C#CC(=NC(C(=O)OCc1ccccc1)C1(C)OCCO1)[Si](C)(C)C.